The molecular weight excluding hydrogens is 309 g/mol. The van der Waals surface area contributed by atoms with Crippen molar-refractivity contribution in [3.05, 3.63) is 0 Å². The van der Waals surface area contributed by atoms with Gasteiger partial charge in [-0.15, -0.1) is 0 Å². The van der Waals surface area contributed by atoms with Gasteiger partial charge in [-0.2, -0.15) is 13.2 Å². The summed E-state index contributed by atoms with van der Waals surface area (Å²) in [5.41, 5.74) is 0. The van der Waals surface area contributed by atoms with Gasteiger partial charge < -0.3 is 15.3 Å². The molecule has 1 saturated heterocycles. The Kier molecular flexibility index (Phi) is 6.56. The van der Waals surface area contributed by atoms with E-state index >= 15 is 0 Å². The van der Waals surface area contributed by atoms with E-state index in [1.807, 2.05) is 0 Å². The number of carbonyl (C=O) groups is 1. The van der Waals surface area contributed by atoms with Gasteiger partial charge in [0.05, 0.1) is 0 Å². The van der Waals surface area contributed by atoms with Gasteiger partial charge in [-0.05, 0) is 31.1 Å². The van der Waals surface area contributed by atoms with Gasteiger partial charge in [-0.25, -0.2) is 4.79 Å². The van der Waals surface area contributed by atoms with Crippen LogP contribution in [0.4, 0.5) is 18.0 Å². The molecule has 0 aromatic carbocycles. The first-order valence-electron chi connectivity index (χ1n) is 8.65. The number of nitrogens with one attached hydrogen (secondary N) is 1. The number of piperidine rings is 1. The number of nitrogens with zero attached hydrogens (tertiary/aromatic N) is 1. The van der Waals surface area contributed by atoms with Gasteiger partial charge in [-0.1, -0.05) is 32.1 Å². The quantitative estimate of drug-likeness (QED) is 0.828. The summed E-state index contributed by atoms with van der Waals surface area (Å²) in [5.74, 6) is -0.113. The van der Waals surface area contributed by atoms with Gasteiger partial charge in [0.15, 0.2) is 6.10 Å². The maximum atomic E-state index is 12.5. The fraction of sp³-hybridized carbons (Fsp3) is 0.938. The lowest BCUT2D eigenvalue weighted by atomic mass is 9.87. The molecule has 1 saturated carbocycles. The first-order chi connectivity index (χ1) is 10.9. The van der Waals surface area contributed by atoms with Crippen molar-refractivity contribution in [2.45, 2.75) is 63.6 Å². The van der Waals surface area contributed by atoms with E-state index in [0.717, 1.165) is 6.42 Å². The number of likely N-dealkylation sites (tertiary alicyclic amines) is 1. The monoisotopic (exact) mass is 336 g/mol. The summed E-state index contributed by atoms with van der Waals surface area (Å²) in [5, 5.41) is 12.2. The molecular formula is C16H27F3N2O2. The van der Waals surface area contributed by atoms with Crippen LogP contribution in [0, 0.1) is 11.8 Å². The number of aliphatic hydroxyl groups excluding tert-OH is 1. The van der Waals surface area contributed by atoms with Crippen LogP contribution in [0.5, 0.6) is 0 Å². The predicted octanol–water partition coefficient (Wildman–Crippen LogP) is 3.30. The summed E-state index contributed by atoms with van der Waals surface area (Å²) >= 11 is 0. The highest BCUT2D eigenvalue weighted by atomic mass is 19.4. The van der Waals surface area contributed by atoms with Gasteiger partial charge in [0.25, 0.3) is 0 Å². The van der Waals surface area contributed by atoms with Gasteiger partial charge >= 0.3 is 12.2 Å². The number of carbonyl (C=O) groups excluding carboxylic acids is 1. The van der Waals surface area contributed by atoms with E-state index in [2.05, 4.69) is 5.32 Å². The molecule has 0 spiro atoms. The van der Waals surface area contributed by atoms with E-state index in [0.29, 0.717) is 12.5 Å². The molecule has 2 rings (SSSR count). The van der Waals surface area contributed by atoms with Crippen LogP contribution in [0.15, 0.2) is 0 Å². The molecule has 0 bridgehead atoms. The van der Waals surface area contributed by atoms with Crippen LogP contribution in [-0.4, -0.2) is 48.0 Å². The molecule has 2 fully saturated rings. The SMILES string of the molecule is O=C(NCCC1CCCCC1)N1CCC(C(O)C(F)(F)F)CC1. The number of alkyl halides is 3. The second-order valence-corrected chi connectivity index (χ2v) is 6.84. The molecule has 1 atom stereocenters. The summed E-state index contributed by atoms with van der Waals surface area (Å²) in [6.07, 6.45) is 0.826. The Morgan fingerprint density at radius 1 is 1.13 bits per heavy atom. The molecule has 2 N–H and O–H groups in total. The third-order valence-electron chi connectivity index (χ3n) is 5.16. The minimum absolute atomic E-state index is 0.191. The van der Waals surface area contributed by atoms with Crippen molar-refractivity contribution in [3.63, 3.8) is 0 Å². The van der Waals surface area contributed by atoms with Crippen LogP contribution in [0.2, 0.25) is 0 Å². The molecule has 134 valence electrons. The second-order valence-electron chi connectivity index (χ2n) is 6.84. The van der Waals surface area contributed by atoms with Gasteiger partial charge in [0.1, 0.15) is 0 Å². The molecule has 4 nitrogen and oxygen atoms in total. The highest BCUT2D eigenvalue weighted by Crippen LogP contribution is 2.31. The van der Waals surface area contributed by atoms with E-state index in [1.165, 1.54) is 32.1 Å². The second kappa shape index (κ2) is 8.22. The number of rotatable bonds is 4. The molecule has 1 aliphatic heterocycles. The van der Waals surface area contributed by atoms with Crippen LogP contribution in [-0.2, 0) is 0 Å². The topological polar surface area (TPSA) is 52.6 Å². The summed E-state index contributed by atoms with van der Waals surface area (Å²) in [6.45, 7) is 1.18. The number of urea groups is 1. The zero-order chi connectivity index (χ0) is 16.9. The molecule has 2 aliphatic rings. The Balaban J connectivity index is 1.65. The van der Waals surface area contributed by atoms with E-state index in [9.17, 15) is 23.1 Å². The third kappa shape index (κ3) is 5.55. The molecule has 0 radical (unpaired) electrons. The van der Waals surface area contributed by atoms with Crippen LogP contribution in [0.3, 0.4) is 0 Å². The predicted molar refractivity (Wildman–Crippen MR) is 80.9 cm³/mol. The average molecular weight is 336 g/mol. The van der Waals surface area contributed by atoms with Crippen LogP contribution in [0.1, 0.15) is 51.4 Å². The third-order valence-corrected chi connectivity index (χ3v) is 5.16. The van der Waals surface area contributed by atoms with Gasteiger partial charge in [0.2, 0.25) is 0 Å². The first-order valence-corrected chi connectivity index (χ1v) is 8.65. The zero-order valence-electron chi connectivity index (χ0n) is 13.4. The van der Waals surface area contributed by atoms with E-state index in [4.69, 9.17) is 0 Å². The molecule has 1 heterocycles. The number of halogens is 3. The largest absolute Gasteiger partial charge is 0.414 e. The smallest absolute Gasteiger partial charge is 0.383 e. The van der Waals surface area contributed by atoms with E-state index in [1.54, 1.807) is 4.90 Å². The Hall–Kier alpha value is -0.980. The maximum Gasteiger partial charge on any atom is 0.414 e. The van der Waals surface area contributed by atoms with Crippen molar-refractivity contribution in [2.75, 3.05) is 19.6 Å². The summed E-state index contributed by atoms with van der Waals surface area (Å²) < 4.78 is 37.5. The van der Waals surface area contributed by atoms with Crippen molar-refractivity contribution >= 4 is 6.03 Å². The summed E-state index contributed by atoms with van der Waals surface area (Å²) in [6, 6.07) is -0.194. The summed E-state index contributed by atoms with van der Waals surface area (Å²) in [4.78, 5) is 13.6. The molecule has 1 aliphatic carbocycles. The maximum absolute atomic E-state index is 12.5. The zero-order valence-corrected chi connectivity index (χ0v) is 13.4. The van der Waals surface area contributed by atoms with E-state index in [-0.39, 0.29) is 32.0 Å². The Labute approximate surface area is 135 Å². The standard InChI is InChI=1S/C16H27F3N2O2/c17-16(18,19)14(22)13-7-10-21(11-8-13)15(23)20-9-6-12-4-2-1-3-5-12/h12-14,22H,1-11H2,(H,20,23). The van der Waals surface area contributed by atoms with Gasteiger partial charge in [0, 0.05) is 19.6 Å². The minimum atomic E-state index is -4.57. The lowest BCUT2D eigenvalue weighted by Crippen LogP contribution is -2.48. The van der Waals surface area contributed by atoms with Crippen molar-refractivity contribution in [1.82, 2.24) is 10.2 Å². The Bertz CT molecular complexity index is 376. The molecule has 2 amide bonds. The Morgan fingerprint density at radius 3 is 2.30 bits per heavy atom. The summed E-state index contributed by atoms with van der Waals surface area (Å²) in [7, 11) is 0. The lowest BCUT2D eigenvalue weighted by Gasteiger charge is -2.34. The number of hydrogen-bond donors (Lipinski definition) is 2. The van der Waals surface area contributed by atoms with Crippen molar-refractivity contribution < 1.29 is 23.1 Å². The first kappa shape index (κ1) is 18.4. The van der Waals surface area contributed by atoms with Crippen molar-refractivity contribution in [3.8, 4) is 0 Å². The lowest BCUT2D eigenvalue weighted by molar-refractivity contribution is -0.222. The molecule has 0 aromatic heterocycles. The molecule has 0 aromatic rings. The van der Waals surface area contributed by atoms with Crippen molar-refractivity contribution in [1.29, 1.82) is 0 Å². The van der Waals surface area contributed by atoms with Crippen LogP contribution < -0.4 is 5.32 Å². The highest BCUT2D eigenvalue weighted by molar-refractivity contribution is 5.74. The molecule has 23 heavy (non-hydrogen) atoms. The molecule has 7 heteroatoms. The fourth-order valence-corrected chi connectivity index (χ4v) is 3.66. The van der Waals surface area contributed by atoms with Crippen molar-refractivity contribution in [2.24, 2.45) is 11.8 Å². The highest BCUT2D eigenvalue weighted by Gasteiger charge is 2.44. The number of amides is 2. The average Bonchev–Trinajstić information content (AvgIpc) is 2.54. The van der Waals surface area contributed by atoms with Gasteiger partial charge in [-0.3, -0.25) is 0 Å². The normalized spacial score (nSPS) is 22.9. The Morgan fingerprint density at radius 2 is 1.74 bits per heavy atom. The van der Waals surface area contributed by atoms with E-state index < -0.39 is 18.2 Å². The molecule has 1 unspecified atom stereocenters. The number of hydrogen-bond acceptors (Lipinski definition) is 2. The van der Waals surface area contributed by atoms with Crippen LogP contribution >= 0.6 is 0 Å². The number of aliphatic hydroxyl groups is 1. The minimum Gasteiger partial charge on any atom is -0.383 e. The fourth-order valence-electron chi connectivity index (χ4n) is 3.66. The van der Waals surface area contributed by atoms with Crippen LogP contribution in [0.25, 0.3) is 0 Å².